The minimum atomic E-state index is -0.360. The largest absolute Gasteiger partial charge is 0.506 e. The van der Waals surface area contributed by atoms with Crippen molar-refractivity contribution in [1.82, 2.24) is 15.1 Å². The minimum Gasteiger partial charge on any atom is -0.506 e. The van der Waals surface area contributed by atoms with Crippen molar-refractivity contribution in [2.45, 2.75) is 0 Å². The Balaban J connectivity index is 2.02. The van der Waals surface area contributed by atoms with Crippen molar-refractivity contribution in [2.75, 3.05) is 0 Å². The highest BCUT2D eigenvalue weighted by molar-refractivity contribution is 9.10. The Labute approximate surface area is 121 Å². The molecular formula is C13H7BrFN3O2. The Morgan fingerprint density at radius 2 is 2.05 bits per heavy atom. The van der Waals surface area contributed by atoms with Crippen LogP contribution >= 0.6 is 15.9 Å². The first-order valence-electron chi connectivity index (χ1n) is 5.57. The van der Waals surface area contributed by atoms with E-state index in [1.54, 1.807) is 6.07 Å². The molecule has 2 aromatic heterocycles. The highest BCUT2D eigenvalue weighted by atomic mass is 79.9. The van der Waals surface area contributed by atoms with E-state index in [2.05, 4.69) is 31.1 Å². The summed E-state index contributed by atoms with van der Waals surface area (Å²) in [5.41, 5.74) is 1.11. The molecule has 1 N–H and O–H groups in total. The zero-order valence-corrected chi connectivity index (χ0v) is 11.5. The van der Waals surface area contributed by atoms with Crippen LogP contribution in [0.2, 0.25) is 0 Å². The van der Waals surface area contributed by atoms with Crippen molar-refractivity contribution in [3.05, 3.63) is 46.9 Å². The zero-order chi connectivity index (χ0) is 14.1. The van der Waals surface area contributed by atoms with Gasteiger partial charge in [-0.25, -0.2) is 4.39 Å². The smallest absolute Gasteiger partial charge is 0.259 e. The molecule has 0 aliphatic rings. The molecule has 20 heavy (non-hydrogen) atoms. The fourth-order valence-electron chi connectivity index (χ4n) is 1.67. The van der Waals surface area contributed by atoms with Gasteiger partial charge in [-0.1, -0.05) is 5.16 Å². The normalized spacial score (nSPS) is 10.7. The molecule has 7 heteroatoms. The van der Waals surface area contributed by atoms with E-state index in [1.165, 1.54) is 30.6 Å². The van der Waals surface area contributed by atoms with Gasteiger partial charge in [0.1, 0.15) is 11.6 Å². The lowest BCUT2D eigenvalue weighted by Gasteiger charge is -1.98. The van der Waals surface area contributed by atoms with Crippen LogP contribution in [0.5, 0.6) is 5.75 Å². The van der Waals surface area contributed by atoms with E-state index in [1.807, 2.05) is 0 Å². The Morgan fingerprint density at radius 3 is 2.80 bits per heavy atom. The van der Waals surface area contributed by atoms with Gasteiger partial charge in [-0.15, -0.1) is 0 Å². The monoisotopic (exact) mass is 335 g/mol. The molecule has 0 unspecified atom stereocenters. The van der Waals surface area contributed by atoms with Gasteiger partial charge in [-0.2, -0.15) is 4.98 Å². The van der Waals surface area contributed by atoms with Gasteiger partial charge in [0.25, 0.3) is 5.89 Å². The summed E-state index contributed by atoms with van der Waals surface area (Å²) in [5, 5.41) is 13.2. The van der Waals surface area contributed by atoms with Crippen molar-refractivity contribution < 1.29 is 14.0 Å². The highest BCUT2D eigenvalue weighted by Crippen LogP contribution is 2.29. The predicted octanol–water partition coefficient (Wildman–Crippen LogP) is 3.41. The quantitative estimate of drug-likeness (QED) is 0.776. The van der Waals surface area contributed by atoms with E-state index >= 15 is 0 Å². The van der Waals surface area contributed by atoms with Crippen LogP contribution in [0.15, 0.2) is 45.7 Å². The average Bonchev–Trinajstić information content (AvgIpc) is 2.88. The first kappa shape index (κ1) is 12.7. The SMILES string of the molecule is Oc1cncc(-c2nc(-c3ccc(F)cc3Br)no2)c1. The summed E-state index contributed by atoms with van der Waals surface area (Å²) in [6.07, 6.45) is 2.80. The molecule has 0 saturated heterocycles. The number of aromatic nitrogens is 3. The topological polar surface area (TPSA) is 72.0 Å². The zero-order valence-electron chi connectivity index (χ0n) is 9.92. The van der Waals surface area contributed by atoms with Gasteiger partial charge < -0.3 is 9.63 Å². The molecule has 2 heterocycles. The van der Waals surface area contributed by atoms with Crippen molar-refractivity contribution in [1.29, 1.82) is 0 Å². The fraction of sp³-hybridized carbons (Fsp3) is 0. The summed E-state index contributed by atoms with van der Waals surface area (Å²) >= 11 is 3.25. The molecule has 0 amide bonds. The van der Waals surface area contributed by atoms with Crippen LogP contribution in [0.1, 0.15) is 0 Å². The fourth-order valence-corrected chi connectivity index (χ4v) is 2.19. The third-order valence-corrected chi connectivity index (χ3v) is 3.22. The first-order chi connectivity index (χ1) is 9.63. The maximum Gasteiger partial charge on any atom is 0.259 e. The second-order valence-corrected chi connectivity index (χ2v) is 4.83. The number of pyridine rings is 1. The average molecular weight is 336 g/mol. The number of aromatic hydroxyl groups is 1. The summed E-state index contributed by atoms with van der Waals surface area (Å²) in [4.78, 5) is 8.04. The maximum atomic E-state index is 13.0. The molecule has 0 radical (unpaired) electrons. The minimum absolute atomic E-state index is 0.00483. The van der Waals surface area contributed by atoms with Crippen molar-refractivity contribution in [2.24, 2.45) is 0 Å². The predicted molar refractivity (Wildman–Crippen MR) is 72.3 cm³/mol. The number of halogens is 2. The van der Waals surface area contributed by atoms with E-state index in [0.717, 1.165) is 0 Å². The standard InChI is InChI=1S/C13H7BrFN3O2/c14-11-4-8(15)1-2-10(11)12-17-13(20-18-12)7-3-9(19)6-16-5-7/h1-6,19H. The molecule has 0 atom stereocenters. The highest BCUT2D eigenvalue weighted by Gasteiger charge is 2.14. The Bertz CT molecular complexity index is 776. The Kier molecular flexibility index (Phi) is 3.19. The maximum absolute atomic E-state index is 13.0. The number of hydrogen-bond acceptors (Lipinski definition) is 5. The molecule has 0 fully saturated rings. The van der Waals surface area contributed by atoms with E-state index in [0.29, 0.717) is 21.4 Å². The molecule has 1 aromatic carbocycles. The van der Waals surface area contributed by atoms with Gasteiger partial charge in [0.05, 0.1) is 11.8 Å². The summed E-state index contributed by atoms with van der Waals surface area (Å²) in [6, 6.07) is 5.64. The van der Waals surface area contributed by atoms with Gasteiger partial charge in [0, 0.05) is 16.2 Å². The lowest BCUT2D eigenvalue weighted by molar-refractivity contribution is 0.431. The molecule has 0 spiro atoms. The second-order valence-electron chi connectivity index (χ2n) is 3.98. The summed E-state index contributed by atoms with van der Waals surface area (Å²) in [5.74, 6) is 0.182. The van der Waals surface area contributed by atoms with Crippen molar-refractivity contribution in [3.8, 4) is 28.6 Å². The van der Waals surface area contributed by atoms with Gasteiger partial charge >= 0.3 is 0 Å². The van der Waals surface area contributed by atoms with Crippen LogP contribution in [-0.4, -0.2) is 20.2 Å². The van der Waals surface area contributed by atoms with Crippen LogP contribution in [-0.2, 0) is 0 Å². The third-order valence-electron chi connectivity index (χ3n) is 2.57. The molecule has 0 aliphatic carbocycles. The van der Waals surface area contributed by atoms with Crippen molar-refractivity contribution >= 4 is 15.9 Å². The van der Waals surface area contributed by atoms with Gasteiger partial charge in [0.2, 0.25) is 5.82 Å². The molecule has 3 rings (SSSR count). The van der Waals surface area contributed by atoms with Crippen LogP contribution in [0.25, 0.3) is 22.8 Å². The molecule has 3 aromatic rings. The molecule has 0 saturated carbocycles. The van der Waals surface area contributed by atoms with Gasteiger partial charge in [0.15, 0.2) is 0 Å². The third kappa shape index (κ3) is 2.39. The van der Waals surface area contributed by atoms with E-state index in [4.69, 9.17) is 4.52 Å². The summed E-state index contributed by atoms with van der Waals surface area (Å²) in [7, 11) is 0. The van der Waals surface area contributed by atoms with E-state index in [-0.39, 0.29) is 17.5 Å². The van der Waals surface area contributed by atoms with E-state index < -0.39 is 0 Å². The van der Waals surface area contributed by atoms with Crippen LogP contribution in [0, 0.1) is 5.82 Å². The van der Waals surface area contributed by atoms with E-state index in [9.17, 15) is 9.50 Å². The molecule has 0 aliphatic heterocycles. The Morgan fingerprint density at radius 1 is 1.20 bits per heavy atom. The summed E-state index contributed by atoms with van der Waals surface area (Å²) in [6.45, 7) is 0. The Hall–Kier alpha value is -2.28. The number of benzene rings is 1. The van der Waals surface area contributed by atoms with Crippen LogP contribution in [0.3, 0.4) is 0 Å². The van der Waals surface area contributed by atoms with Gasteiger partial charge in [-0.05, 0) is 40.2 Å². The lowest BCUT2D eigenvalue weighted by atomic mass is 10.2. The van der Waals surface area contributed by atoms with Crippen LogP contribution in [0.4, 0.5) is 4.39 Å². The number of nitrogens with zero attached hydrogens (tertiary/aromatic N) is 3. The number of rotatable bonds is 2. The lowest BCUT2D eigenvalue weighted by Crippen LogP contribution is -1.85. The van der Waals surface area contributed by atoms with Crippen molar-refractivity contribution in [3.63, 3.8) is 0 Å². The van der Waals surface area contributed by atoms with Crippen LogP contribution < -0.4 is 0 Å². The number of hydrogen-bond donors (Lipinski definition) is 1. The molecule has 100 valence electrons. The van der Waals surface area contributed by atoms with Gasteiger partial charge in [-0.3, -0.25) is 4.98 Å². The second kappa shape index (κ2) is 5.01. The first-order valence-corrected chi connectivity index (χ1v) is 6.36. The molecule has 5 nitrogen and oxygen atoms in total. The molecular weight excluding hydrogens is 329 g/mol. The molecule has 0 bridgehead atoms. The summed E-state index contributed by atoms with van der Waals surface area (Å²) < 4.78 is 18.7.